The van der Waals surface area contributed by atoms with Crippen LogP contribution in [0.3, 0.4) is 0 Å². The van der Waals surface area contributed by atoms with Crippen LogP contribution in [0.25, 0.3) is 0 Å². The largest absolute Gasteiger partial charge is 0.438 e. The number of aliphatic hydroxyl groups excluding tert-OH is 1. The molecule has 18 heavy (non-hydrogen) atoms. The van der Waals surface area contributed by atoms with Gasteiger partial charge in [0.05, 0.1) is 12.3 Å². The van der Waals surface area contributed by atoms with Crippen molar-refractivity contribution in [2.24, 2.45) is 0 Å². The summed E-state index contributed by atoms with van der Waals surface area (Å²) in [6, 6.07) is 9.50. The Morgan fingerprint density at radius 2 is 1.78 bits per heavy atom. The van der Waals surface area contributed by atoms with Gasteiger partial charge in [-0.25, -0.2) is 4.98 Å². The first-order valence-corrected chi connectivity index (χ1v) is 5.93. The zero-order valence-electron chi connectivity index (χ0n) is 10.9. The highest BCUT2D eigenvalue weighted by atomic mass is 16.5. The van der Waals surface area contributed by atoms with E-state index in [1.165, 1.54) is 5.56 Å². The molecule has 3 nitrogen and oxygen atoms in total. The lowest BCUT2D eigenvalue weighted by molar-refractivity contribution is 0.275. The van der Waals surface area contributed by atoms with E-state index in [2.05, 4.69) is 18.0 Å². The summed E-state index contributed by atoms with van der Waals surface area (Å²) in [4.78, 5) is 4.23. The lowest BCUT2D eigenvalue weighted by Crippen LogP contribution is -1.97. The van der Waals surface area contributed by atoms with E-state index in [1.807, 2.05) is 26.0 Å². The number of aliphatic hydroxyl groups is 1. The molecule has 0 radical (unpaired) electrons. The molecule has 1 aromatic heterocycles. The number of ether oxygens (including phenoxy) is 1. The molecule has 0 atom stereocenters. The normalized spacial score (nSPS) is 10.4. The predicted molar refractivity (Wildman–Crippen MR) is 70.9 cm³/mol. The highest BCUT2D eigenvalue weighted by molar-refractivity contribution is 5.46. The van der Waals surface area contributed by atoms with Gasteiger partial charge in [-0.15, -0.1) is 0 Å². The maximum Gasteiger partial charge on any atom is 0.219 e. The molecule has 1 heterocycles. The van der Waals surface area contributed by atoms with Crippen molar-refractivity contribution in [3.63, 3.8) is 0 Å². The minimum atomic E-state index is -0.0804. The Balaban J connectivity index is 2.36. The van der Waals surface area contributed by atoms with Gasteiger partial charge >= 0.3 is 0 Å². The van der Waals surface area contributed by atoms with Crippen molar-refractivity contribution < 1.29 is 9.84 Å². The Morgan fingerprint density at radius 3 is 2.50 bits per heavy atom. The summed E-state index contributed by atoms with van der Waals surface area (Å²) in [7, 11) is 0. The second-order valence-electron chi connectivity index (χ2n) is 4.38. The first-order chi connectivity index (χ1) is 8.61. The highest BCUT2D eigenvalue weighted by Gasteiger charge is 2.08. The van der Waals surface area contributed by atoms with Gasteiger partial charge in [-0.1, -0.05) is 18.2 Å². The maximum absolute atomic E-state index is 9.06. The van der Waals surface area contributed by atoms with E-state index in [4.69, 9.17) is 9.84 Å². The summed E-state index contributed by atoms with van der Waals surface area (Å²) in [5.74, 6) is 1.36. The molecule has 3 heteroatoms. The Labute approximate surface area is 107 Å². The van der Waals surface area contributed by atoms with E-state index in [0.717, 1.165) is 16.9 Å². The molecule has 2 aromatic rings. The molecular weight excluding hydrogens is 226 g/mol. The molecule has 0 aliphatic rings. The van der Waals surface area contributed by atoms with Gasteiger partial charge in [0.25, 0.3) is 0 Å². The van der Waals surface area contributed by atoms with Crippen molar-refractivity contribution >= 4 is 0 Å². The smallest absolute Gasteiger partial charge is 0.219 e. The van der Waals surface area contributed by atoms with Gasteiger partial charge < -0.3 is 9.84 Å². The van der Waals surface area contributed by atoms with Crippen molar-refractivity contribution in [3.8, 4) is 11.6 Å². The third-order valence-corrected chi connectivity index (χ3v) is 3.02. The van der Waals surface area contributed by atoms with Gasteiger partial charge in [0.15, 0.2) is 0 Å². The number of aromatic nitrogens is 1. The Hall–Kier alpha value is -1.87. The summed E-state index contributed by atoms with van der Waals surface area (Å²) in [6.07, 6.45) is 0. The minimum Gasteiger partial charge on any atom is -0.438 e. The van der Waals surface area contributed by atoms with Crippen LogP contribution in [0.15, 0.2) is 30.3 Å². The van der Waals surface area contributed by atoms with Crippen molar-refractivity contribution in [3.05, 3.63) is 52.7 Å². The fourth-order valence-electron chi connectivity index (χ4n) is 1.79. The quantitative estimate of drug-likeness (QED) is 0.899. The Bertz CT molecular complexity index is 564. The maximum atomic E-state index is 9.06. The van der Waals surface area contributed by atoms with E-state index in [-0.39, 0.29) is 6.61 Å². The molecule has 0 fully saturated rings. The average molecular weight is 243 g/mol. The fourth-order valence-corrected chi connectivity index (χ4v) is 1.79. The second kappa shape index (κ2) is 5.19. The number of pyridine rings is 1. The van der Waals surface area contributed by atoms with Gasteiger partial charge in [-0.3, -0.25) is 0 Å². The number of nitrogens with zero attached hydrogens (tertiary/aromatic N) is 1. The summed E-state index contributed by atoms with van der Waals surface area (Å²) in [5, 5.41) is 9.06. The number of hydrogen-bond donors (Lipinski definition) is 1. The van der Waals surface area contributed by atoms with Gasteiger partial charge in [0.1, 0.15) is 5.75 Å². The molecule has 0 aliphatic heterocycles. The van der Waals surface area contributed by atoms with Crippen LogP contribution in [0, 0.1) is 20.8 Å². The first-order valence-electron chi connectivity index (χ1n) is 5.93. The lowest BCUT2D eigenvalue weighted by Gasteiger charge is -2.13. The Morgan fingerprint density at radius 1 is 1.06 bits per heavy atom. The third kappa shape index (κ3) is 2.51. The number of benzene rings is 1. The number of hydrogen-bond acceptors (Lipinski definition) is 3. The number of aryl methyl sites for hydroxylation is 2. The predicted octanol–water partition coefficient (Wildman–Crippen LogP) is 3.29. The molecule has 0 aliphatic carbocycles. The molecule has 0 amide bonds. The SMILES string of the molecule is Cc1ccc(C)c(Oc2cccc(CO)n2)c1C. The Kier molecular flexibility index (Phi) is 3.63. The molecule has 94 valence electrons. The van der Waals surface area contributed by atoms with Crippen molar-refractivity contribution in [2.75, 3.05) is 0 Å². The third-order valence-electron chi connectivity index (χ3n) is 3.02. The van der Waals surface area contributed by atoms with Crippen LogP contribution in [0.2, 0.25) is 0 Å². The lowest BCUT2D eigenvalue weighted by atomic mass is 10.1. The monoisotopic (exact) mass is 243 g/mol. The van der Waals surface area contributed by atoms with Crippen LogP contribution in [0.1, 0.15) is 22.4 Å². The van der Waals surface area contributed by atoms with E-state index in [0.29, 0.717) is 11.6 Å². The topological polar surface area (TPSA) is 42.4 Å². The molecule has 0 spiro atoms. The zero-order chi connectivity index (χ0) is 13.1. The van der Waals surface area contributed by atoms with E-state index >= 15 is 0 Å². The fraction of sp³-hybridized carbons (Fsp3) is 0.267. The van der Waals surface area contributed by atoms with Crippen LogP contribution >= 0.6 is 0 Å². The summed E-state index contributed by atoms with van der Waals surface area (Å²) in [5.41, 5.74) is 3.99. The van der Waals surface area contributed by atoms with Crippen molar-refractivity contribution in [2.45, 2.75) is 27.4 Å². The van der Waals surface area contributed by atoms with Gasteiger partial charge in [-0.05, 0) is 43.5 Å². The van der Waals surface area contributed by atoms with Crippen LogP contribution < -0.4 is 4.74 Å². The standard InChI is InChI=1S/C15H17NO2/c1-10-7-8-11(2)15(12(10)3)18-14-6-4-5-13(9-17)16-14/h4-8,17H,9H2,1-3H3. The molecule has 2 rings (SSSR count). The van der Waals surface area contributed by atoms with Crippen LogP contribution in [0.5, 0.6) is 11.6 Å². The minimum absolute atomic E-state index is 0.0804. The van der Waals surface area contributed by atoms with Gasteiger partial charge in [0, 0.05) is 6.07 Å². The molecule has 0 saturated heterocycles. The summed E-state index contributed by atoms with van der Waals surface area (Å²) < 4.78 is 5.84. The molecular formula is C15H17NO2. The number of rotatable bonds is 3. The van der Waals surface area contributed by atoms with Crippen molar-refractivity contribution in [1.29, 1.82) is 0 Å². The summed E-state index contributed by atoms with van der Waals surface area (Å²) >= 11 is 0. The molecule has 1 aromatic carbocycles. The van der Waals surface area contributed by atoms with Crippen molar-refractivity contribution in [1.82, 2.24) is 4.98 Å². The van der Waals surface area contributed by atoms with Crippen LogP contribution in [-0.4, -0.2) is 10.1 Å². The van der Waals surface area contributed by atoms with E-state index in [1.54, 1.807) is 12.1 Å². The zero-order valence-corrected chi connectivity index (χ0v) is 10.9. The van der Waals surface area contributed by atoms with E-state index < -0.39 is 0 Å². The van der Waals surface area contributed by atoms with Gasteiger partial charge in [-0.2, -0.15) is 0 Å². The van der Waals surface area contributed by atoms with Gasteiger partial charge in [0.2, 0.25) is 5.88 Å². The summed E-state index contributed by atoms with van der Waals surface area (Å²) in [6.45, 7) is 6.02. The molecule has 0 saturated carbocycles. The van der Waals surface area contributed by atoms with Crippen LogP contribution in [-0.2, 0) is 6.61 Å². The van der Waals surface area contributed by atoms with Crippen LogP contribution in [0.4, 0.5) is 0 Å². The highest BCUT2D eigenvalue weighted by Crippen LogP contribution is 2.29. The average Bonchev–Trinajstić information content (AvgIpc) is 2.39. The van der Waals surface area contributed by atoms with E-state index in [9.17, 15) is 0 Å². The second-order valence-corrected chi connectivity index (χ2v) is 4.38. The molecule has 0 bridgehead atoms. The molecule has 0 unspecified atom stereocenters. The molecule has 1 N–H and O–H groups in total. The first kappa shape index (κ1) is 12.6.